The maximum absolute atomic E-state index is 12.9. The number of rotatable bonds is 3. The predicted octanol–water partition coefficient (Wildman–Crippen LogP) is 4.78. The van der Waals surface area contributed by atoms with Crippen LogP contribution in [-0.2, 0) is 19.4 Å². The van der Waals surface area contributed by atoms with Crippen molar-refractivity contribution in [2.75, 3.05) is 6.54 Å². The summed E-state index contributed by atoms with van der Waals surface area (Å²) in [7, 11) is 0. The maximum atomic E-state index is 12.9. The van der Waals surface area contributed by atoms with Crippen molar-refractivity contribution in [1.82, 2.24) is 4.90 Å². The molecule has 3 rings (SSSR count). The van der Waals surface area contributed by atoms with Gasteiger partial charge in [-0.3, -0.25) is 4.79 Å². The zero-order chi connectivity index (χ0) is 17.3. The van der Waals surface area contributed by atoms with Crippen LogP contribution >= 0.6 is 0 Å². The molecule has 0 atom stereocenters. The Morgan fingerprint density at radius 2 is 1.67 bits per heavy atom. The van der Waals surface area contributed by atoms with Gasteiger partial charge in [0.1, 0.15) is 0 Å². The average molecular weight is 321 g/mol. The van der Waals surface area contributed by atoms with E-state index in [-0.39, 0.29) is 11.3 Å². The number of nitrogens with zero attached hydrogens (tertiary/aromatic N) is 1. The van der Waals surface area contributed by atoms with Gasteiger partial charge in [0.2, 0.25) is 0 Å². The van der Waals surface area contributed by atoms with E-state index in [2.05, 4.69) is 70.2 Å². The van der Waals surface area contributed by atoms with Crippen molar-refractivity contribution < 1.29 is 4.79 Å². The van der Waals surface area contributed by atoms with Crippen LogP contribution in [0.1, 0.15) is 53.4 Å². The zero-order valence-corrected chi connectivity index (χ0v) is 15.2. The Kier molecular flexibility index (Phi) is 4.49. The minimum absolute atomic E-state index is 0.174. The van der Waals surface area contributed by atoms with Crippen LogP contribution in [0.3, 0.4) is 0 Å². The van der Waals surface area contributed by atoms with E-state index >= 15 is 0 Å². The third kappa shape index (κ3) is 3.87. The second kappa shape index (κ2) is 6.43. The third-order valence-corrected chi connectivity index (χ3v) is 4.57. The highest BCUT2D eigenvalue weighted by Gasteiger charge is 2.25. The van der Waals surface area contributed by atoms with Crippen molar-refractivity contribution >= 4 is 5.91 Å². The number of hydrogen-bond donors (Lipinski definition) is 0. The Morgan fingerprint density at radius 3 is 2.33 bits per heavy atom. The molecule has 0 N–H and O–H groups in total. The molecule has 0 fully saturated rings. The molecule has 0 aromatic heterocycles. The summed E-state index contributed by atoms with van der Waals surface area (Å²) in [6.07, 6.45) is 1.94. The van der Waals surface area contributed by atoms with Crippen LogP contribution in [0.15, 0.2) is 42.5 Å². The van der Waals surface area contributed by atoms with Crippen molar-refractivity contribution in [3.8, 4) is 0 Å². The number of fused-ring (bicyclic) bond motifs is 1. The highest BCUT2D eigenvalue weighted by atomic mass is 16.2. The number of carbonyl (C=O) groups excluding carboxylic acids is 1. The quantitative estimate of drug-likeness (QED) is 0.796. The van der Waals surface area contributed by atoms with Crippen molar-refractivity contribution in [2.45, 2.75) is 47.1 Å². The number of benzene rings is 2. The van der Waals surface area contributed by atoms with Gasteiger partial charge < -0.3 is 4.90 Å². The van der Waals surface area contributed by atoms with E-state index in [1.54, 1.807) is 0 Å². The van der Waals surface area contributed by atoms with E-state index in [1.807, 2.05) is 4.90 Å². The number of carbonyl (C=O) groups is 1. The first-order valence-electron chi connectivity index (χ1n) is 8.78. The van der Waals surface area contributed by atoms with Gasteiger partial charge in [0, 0.05) is 18.7 Å². The highest BCUT2D eigenvalue weighted by molar-refractivity contribution is 5.97. The molecule has 2 aromatic rings. The first kappa shape index (κ1) is 16.8. The van der Waals surface area contributed by atoms with Crippen LogP contribution in [0.4, 0.5) is 0 Å². The maximum Gasteiger partial charge on any atom is 0.254 e. The van der Waals surface area contributed by atoms with Gasteiger partial charge >= 0.3 is 0 Å². The Hall–Kier alpha value is -2.09. The van der Waals surface area contributed by atoms with Gasteiger partial charge in [-0.25, -0.2) is 0 Å². The van der Waals surface area contributed by atoms with Gasteiger partial charge in [0.25, 0.3) is 5.91 Å². The lowest BCUT2D eigenvalue weighted by Gasteiger charge is -2.29. The monoisotopic (exact) mass is 321 g/mol. The van der Waals surface area contributed by atoms with Crippen LogP contribution in [-0.4, -0.2) is 17.4 Å². The first-order valence-corrected chi connectivity index (χ1v) is 8.78. The SMILES string of the molecule is Cc1ccc(CN2CCc3ccc(CC(C)(C)C)cc3C2=O)cc1. The van der Waals surface area contributed by atoms with Crippen LogP contribution < -0.4 is 0 Å². The van der Waals surface area contributed by atoms with Crippen LogP contribution in [0, 0.1) is 12.3 Å². The largest absolute Gasteiger partial charge is 0.334 e. The van der Waals surface area contributed by atoms with Crippen LogP contribution in [0.2, 0.25) is 0 Å². The molecule has 0 unspecified atom stereocenters. The molecule has 0 aliphatic carbocycles. The fourth-order valence-corrected chi connectivity index (χ4v) is 3.36. The van der Waals surface area contributed by atoms with Gasteiger partial charge in [0.05, 0.1) is 0 Å². The molecule has 0 saturated heterocycles. The lowest BCUT2D eigenvalue weighted by molar-refractivity contribution is 0.0727. The summed E-state index contributed by atoms with van der Waals surface area (Å²) in [5, 5.41) is 0. The molecule has 2 aromatic carbocycles. The highest BCUT2D eigenvalue weighted by Crippen LogP contribution is 2.26. The molecule has 0 saturated carbocycles. The molecule has 1 aliphatic heterocycles. The smallest absolute Gasteiger partial charge is 0.254 e. The van der Waals surface area contributed by atoms with E-state index in [0.717, 1.165) is 24.9 Å². The van der Waals surface area contributed by atoms with E-state index in [1.165, 1.54) is 22.3 Å². The fourth-order valence-electron chi connectivity index (χ4n) is 3.36. The molecule has 1 amide bonds. The molecular weight excluding hydrogens is 294 g/mol. The predicted molar refractivity (Wildman–Crippen MR) is 99.2 cm³/mol. The summed E-state index contributed by atoms with van der Waals surface area (Å²) >= 11 is 0. The summed E-state index contributed by atoms with van der Waals surface area (Å²) in [6, 6.07) is 14.9. The number of aryl methyl sites for hydroxylation is 1. The first-order chi connectivity index (χ1) is 11.3. The Morgan fingerprint density at radius 1 is 1.00 bits per heavy atom. The normalized spacial score (nSPS) is 14.7. The van der Waals surface area contributed by atoms with Crippen molar-refractivity contribution in [2.24, 2.45) is 5.41 Å². The Bertz CT molecular complexity index is 738. The molecule has 0 radical (unpaired) electrons. The molecule has 0 spiro atoms. The Balaban J connectivity index is 1.80. The summed E-state index contributed by atoms with van der Waals surface area (Å²) in [6.45, 7) is 10.3. The number of hydrogen-bond acceptors (Lipinski definition) is 1. The van der Waals surface area contributed by atoms with Crippen molar-refractivity contribution in [3.63, 3.8) is 0 Å². The Labute approximate surface area is 145 Å². The van der Waals surface area contributed by atoms with Gasteiger partial charge in [-0.05, 0) is 47.9 Å². The third-order valence-electron chi connectivity index (χ3n) is 4.57. The van der Waals surface area contributed by atoms with Gasteiger partial charge in [-0.1, -0.05) is 62.7 Å². The summed E-state index contributed by atoms with van der Waals surface area (Å²) < 4.78 is 0. The average Bonchev–Trinajstić information content (AvgIpc) is 2.51. The van der Waals surface area contributed by atoms with E-state index < -0.39 is 0 Å². The standard InChI is InChI=1S/C22H27NO/c1-16-5-7-17(8-6-16)15-23-12-11-19-10-9-18(14-22(2,3)4)13-20(19)21(23)24/h5-10,13H,11-12,14-15H2,1-4H3. The second-order valence-corrected chi connectivity index (χ2v) is 8.19. The topological polar surface area (TPSA) is 20.3 Å². The molecule has 2 heteroatoms. The molecule has 2 nitrogen and oxygen atoms in total. The summed E-state index contributed by atoms with van der Waals surface area (Å²) in [5.41, 5.74) is 6.02. The molecule has 1 heterocycles. The van der Waals surface area contributed by atoms with Crippen LogP contribution in [0.25, 0.3) is 0 Å². The van der Waals surface area contributed by atoms with E-state index in [4.69, 9.17) is 0 Å². The molecule has 0 bridgehead atoms. The lowest BCUT2D eigenvalue weighted by atomic mass is 9.86. The van der Waals surface area contributed by atoms with E-state index in [9.17, 15) is 4.79 Å². The minimum Gasteiger partial charge on any atom is -0.334 e. The van der Waals surface area contributed by atoms with Gasteiger partial charge in [0.15, 0.2) is 0 Å². The second-order valence-electron chi connectivity index (χ2n) is 8.19. The van der Waals surface area contributed by atoms with Crippen molar-refractivity contribution in [1.29, 1.82) is 0 Å². The minimum atomic E-state index is 0.174. The zero-order valence-electron chi connectivity index (χ0n) is 15.2. The summed E-state index contributed by atoms with van der Waals surface area (Å²) in [5.74, 6) is 0.174. The van der Waals surface area contributed by atoms with Gasteiger partial charge in [-0.2, -0.15) is 0 Å². The van der Waals surface area contributed by atoms with Crippen LogP contribution in [0.5, 0.6) is 0 Å². The molecule has 24 heavy (non-hydrogen) atoms. The number of amides is 1. The lowest BCUT2D eigenvalue weighted by Crippen LogP contribution is -2.37. The molecular formula is C22H27NO. The van der Waals surface area contributed by atoms with E-state index in [0.29, 0.717) is 6.54 Å². The molecule has 126 valence electrons. The van der Waals surface area contributed by atoms with Gasteiger partial charge in [-0.15, -0.1) is 0 Å². The fraction of sp³-hybridized carbons (Fsp3) is 0.409. The molecule has 1 aliphatic rings. The van der Waals surface area contributed by atoms with Crippen molar-refractivity contribution in [3.05, 3.63) is 70.3 Å². The summed E-state index contributed by atoms with van der Waals surface area (Å²) in [4.78, 5) is 14.9.